The van der Waals surface area contributed by atoms with E-state index in [9.17, 15) is 23.1 Å². The Balaban J connectivity index is 1.91. The van der Waals surface area contributed by atoms with Crippen molar-refractivity contribution < 1.29 is 32.6 Å². The molecule has 1 unspecified atom stereocenters. The van der Waals surface area contributed by atoms with Gasteiger partial charge in [0.1, 0.15) is 21.8 Å². The molecular weight excluding hydrogens is 458 g/mol. The number of hydrogen-bond donors (Lipinski definition) is 1. The number of hydrogen-bond acceptors (Lipinski definition) is 6. The molecule has 1 saturated heterocycles. The molecule has 0 saturated carbocycles. The van der Waals surface area contributed by atoms with E-state index in [0.717, 1.165) is 5.56 Å². The molecule has 0 spiro atoms. The van der Waals surface area contributed by atoms with E-state index >= 15 is 0 Å². The van der Waals surface area contributed by atoms with Crippen LogP contribution in [0.4, 0.5) is 4.79 Å². The van der Waals surface area contributed by atoms with Crippen molar-refractivity contribution in [2.24, 2.45) is 0 Å². The number of sulfone groups is 1. The van der Waals surface area contributed by atoms with Crippen molar-refractivity contribution in [3.63, 3.8) is 0 Å². The summed E-state index contributed by atoms with van der Waals surface area (Å²) in [5.74, 6) is -0.455. The Morgan fingerprint density at radius 1 is 1.00 bits per heavy atom. The normalized spacial score (nSPS) is 20.3. The van der Waals surface area contributed by atoms with Crippen LogP contribution in [-0.4, -0.2) is 54.9 Å². The van der Waals surface area contributed by atoms with Gasteiger partial charge in [-0.15, -0.1) is 0 Å². The summed E-state index contributed by atoms with van der Waals surface area (Å²) < 4.78 is 36.4. The fourth-order valence-corrected chi connectivity index (χ4v) is 6.05. The second-order valence-electron chi connectivity index (χ2n) is 9.54. The standard InChI is InChI=1S/C25H31NO7S/c1-18-5-9-20(10-6-18)32-21-11-7-19(8-12-21)25(17-22(27)28)13-14-26(15-16-34(25,30)31)23(29)33-24(2,3)4/h5-12H,13-17H2,1-4H3,(H,27,28). The summed E-state index contributed by atoms with van der Waals surface area (Å²) >= 11 is 0. The van der Waals surface area contributed by atoms with Crippen LogP contribution < -0.4 is 4.74 Å². The Morgan fingerprint density at radius 2 is 1.56 bits per heavy atom. The summed E-state index contributed by atoms with van der Waals surface area (Å²) in [6.07, 6.45) is -1.27. The van der Waals surface area contributed by atoms with E-state index in [1.165, 1.54) is 4.90 Å². The van der Waals surface area contributed by atoms with Gasteiger partial charge in [-0.25, -0.2) is 13.2 Å². The Morgan fingerprint density at radius 3 is 2.09 bits per heavy atom. The van der Waals surface area contributed by atoms with Crippen molar-refractivity contribution in [3.8, 4) is 11.5 Å². The highest BCUT2D eigenvalue weighted by atomic mass is 32.2. The molecule has 2 aromatic rings. The predicted molar refractivity (Wildman–Crippen MR) is 128 cm³/mol. The SMILES string of the molecule is Cc1ccc(Oc2ccc(C3(CC(=O)O)CCN(C(=O)OC(C)(C)C)CCS3(=O)=O)cc2)cc1. The number of carbonyl (C=O) groups is 2. The van der Waals surface area contributed by atoms with Gasteiger partial charge in [-0.05, 0) is 63.9 Å². The number of nitrogens with zero attached hydrogens (tertiary/aromatic N) is 1. The minimum Gasteiger partial charge on any atom is -0.481 e. The lowest BCUT2D eigenvalue weighted by Gasteiger charge is -2.31. The van der Waals surface area contributed by atoms with Crippen molar-refractivity contribution in [1.82, 2.24) is 4.90 Å². The van der Waals surface area contributed by atoms with Gasteiger partial charge in [-0.2, -0.15) is 0 Å². The lowest BCUT2D eigenvalue weighted by atomic mass is 9.91. The third kappa shape index (κ3) is 5.88. The molecule has 3 rings (SSSR count). The molecule has 9 heteroatoms. The summed E-state index contributed by atoms with van der Waals surface area (Å²) in [6.45, 7) is 7.16. The Bertz CT molecular complexity index is 1140. The number of ether oxygens (including phenoxy) is 2. The Hall–Kier alpha value is -3.07. The van der Waals surface area contributed by atoms with Crippen molar-refractivity contribution >= 4 is 21.9 Å². The molecule has 0 aliphatic carbocycles. The van der Waals surface area contributed by atoms with E-state index in [-0.39, 0.29) is 25.3 Å². The summed E-state index contributed by atoms with van der Waals surface area (Å²) in [5.41, 5.74) is 0.725. The highest BCUT2D eigenvalue weighted by Gasteiger charge is 2.49. The van der Waals surface area contributed by atoms with Gasteiger partial charge in [0, 0.05) is 13.1 Å². The van der Waals surface area contributed by atoms with Crippen molar-refractivity contribution in [3.05, 3.63) is 59.7 Å². The van der Waals surface area contributed by atoms with Gasteiger partial charge in [0.15, 0.2) is 9.84 Å². The van der Waals surface area contributed by atoms with Crippen LogP contribution in [0.5, 0.6) is 11.5 Å². The molecule has 1 fully saturated rings. The summed E-state index contributed by atoms with van der Waals surface area (Å²) in [4.78, 5) is 25.7. The van der Waals surface area contributed by atoms with Gasteiger partial charge in [-0.3, -0.25) is 4.79 Å². The molecule has 0 radical (unpaired) electrons. The molecule has 1 aliphatic rings. The zero-order valence-corrected chi connectivity index (χ0v) is 20.7. The summed E-state index contributed by atoms with van der Waals surface area (Å²) in [7, 11) is -3.93. The smallest absolute Gasteiger partial charge is 0.410 e. The van der Waals surface area contributed by atoms with Crippen LogP contribution in [0.25, 0.3) is 0 Å². The van der Waals surface area contributed by atoms with Crippen LogP contribution >= 0.6 is 0 Å². The fraction of sp³-hybridized carbons (Fsp3) is 0.440. The number of aryl methyl sites for hydroxylation is 1. The number of rotatable bonds is 5. The van der Waals surface area contributed by atoms with E-state index in [0.29, 0.717) is 17.1 Å². The summed E-state index contributed by atoms with van der Waals surface area (Å²) in [6, 6.07) is 13.9. The molecule has 184 valence electrons. The van der Waals surface area contributed by atoms with Crippen LogP contribution in [-0.2, 0) is 24.1 Å². The molecular formula is C25H31NO7S. The first-order chi connectivity index (χ1) is 15.8. The number of carboxylic acids is 1. The number of carboxylic acid groups (broad SMARTS) is 1. The predicted octanol–water partition coefficient (Wildman–Crippen LogP) is 4.51. The molecule has 1 N–H and O–H groups in total. The molecule has 1 heterocycles. The first-order valence-electron chi connectivity index (χ1n) is 11.1. The van der Waals surface area contributed by atoms with Crippen LogP contribution in [0.15, 0.2) is 48.5 Å². The first kappa shape index (κ1) is 25.6. The maximum absolute atomic E-state index is 13.4. The van der Waals surface area contributed by atoms with Gasteiger partial charge in [0.25, 0.3) is 0 Å². The lowest BCUT2D eigenvalue weighted by Crippen LogP contribution is -2.40. The number of aliphatic carboxylic acids is 1. The van der Waals surface area contributed by atoms with E-state index in [4.69, 9.17) is 9.47 Å². The largest absolute Gasteiger partial charge is 0.481 e. The molecule has 2 aromatic carbocycles. The maximum Gasteiger partial charge on any atom is 0.410 e. The van der Waals surface area contributed by atoms with Crippen LogP contribution in [0.1, 0.15) is 44.7 Å². The molecule has 34 heavy (non-hydrogen) atoms. The molecule has 1 aliphatic heterocycles. The average Bonchev–Trinajstić information content (AvgIpc) is 2.85. The van der Waals surface area contributed by atoms with Gasteiger partial charge >= 0.3 is 12.1 Å². The van der Waals surface area contributed by atoms with E-state index < -0.39 is 38.7 Å². The molecule has 0 bridgehead atoms. The van der Waals surface area contributed by atoms with E-state index in [1.807, 2.05) is 31.2 Å². The Kier molecular flexibility index (Phi) is 7.26. The van der Waals surface area contributed by atoms with Crippen molar-refractivity contribution in [2.75, 3.05) is 18.8 Å². The number of benzene rings is 2. The fourth-order valence-electron chi connectivity index (χ4n) is 3.96. The van der Waals surface area contributed by atoms with Crippen molar-refractivity contribution in [1.29, 1.82) is 0 Å². The average molecular weight is 490 g/mol. The topological polar surface area (TPSA) is 110 Å². The quantitative estimate of drug-likeness (QED) is 0.658. The van der Waals surface area contributed by atoms with E-state index in [2.05, 4.69) is 0 Å². The Labute approximate surface area is 200 Å². The minimum absolute atomic E-state index is 0.0565. The lowest BCUT2D eigenvalue weighted by molar-refractivity contribution is -0.137. The molecule has 8 nitrogen and oxygen atoms in total. The number of carbonyl (C=O) groups excluding carboxylic acids is 1. The van der Waals surface area contributed by atoms with Gasteiger partial charge in [0.05, 0.1) is 12.2 Å². The van der Waals surface area contributed by atoms with Gasteiger partial charge < -0.3 is 19.5 Å². The van der Waals surface area contributed by atoms with E-state index in [1.54, 1.807) is 45.0 Å². The second kappa shape index (κ2) is 9.66. The highest BCUT2D eigenvalue weighted by molar-refractivity contribution is 7.92. The molecule has 0 aromatic heterocycles. The highest BCUT2D eigenvalue weighted by Crippen LogP contribution is 2.41. The second-order valence-corrected chi connectivity index (χ2v) is 12.0. The molecule has 1 amide bonds. The van der Waals surface area contributed by atoms with Crippen LogP contribution in [0, 0.1) is 6.92 Å². The molecule has 1 atom stereocenters. The number of amides is 1. The first-order valence-corrected chi connectivity index (χ1v) is 12.7. The van der Waals surface area contributed by atoms with Crippen LogP contribution in [0.3, 0.4) is 0 Å². The van der Waals surface area contributed by atoms with Gasteiger partial charge in [0.2, 0.25) is 0 Å². The third-order valence-corrected chi connectivity index (χ3v) is 8.23. The zero-order chi connectivity index (χ0) is 25.1. The van der Waals surface area contributed by atoms with Crippen LogP contribution in [0.2, 0.25) is 0 Å². The zero-order valence-electron chi connectivity index (χ0n) is 19.9. The van der Waals surface area contributed by atoms with Gasteiger partial charge in [-0.1, -0.05) is 29.8 Å². The van der Waals surface area contributed by atoms with Crippen molar-refractivity contribution in [2.45, 2.75) is 50.9 Å². The minimum atomic E-state index is -3.93. The summed E-state index contributed by atoms with van der Waals surface area (Å²) in [5, 5.41) is 9.62. The maximum atomic E-state index is 13.4. The third-order valence-electron chi connectivity index (χ3n) is 5.74. The monoisotopic (exact) mass is 489 g/mol.